The van der Waals surface area contributed by atoms with E-state index in [-0.39, 0.29) is 18.9 Å². The van der Waals surface area contributed by atoms with E-state index in [1.54, 1.807) is 48.5 Å². The molecule has 0 aliphatic rings. The summed E-state index contributed by atoms with van der Waals surface area (Å²) in [6.07, 6.45) is 1.35. The first kappa shape index (κ1) is 23.9. The zero-order valence-electron chi connectivity index (χ0n) is 16.6. The SMILES string of the molecule is O=C(OCc1ccccc1)C(C(=O)OCc1ccccc1)n1cccc1C(=O)C(Cl)(Cl)Cl. The van der Waals surface area contributed by atoms with Crippen LogP contribution in [-0.4, -0.2) is 26.1 Å². The van der Waals surface area contributed by atoms with Crippen LogP contribution < -0.4 is 0 Å². The maximum absolute atomic E-state index is 12.9. The van der Waals surface area contributed by atoms with Crippen LogP contribution in [0.15, 0.2) is 79.0 Å². The van der Waals surface area contributed by atoms with Gasteiger partial charge in [-0.2, -0.15) is 0 Å². The number of esters is 2. The predicted molar refractivity (Wildman–Crippen MR) is 121 cm³/mol. The number of alkyl halides is 3. The Balaban J connectivity index is 1.85. The Morgan fingerprint density at radius 3 is 1.66 bits per heavy atom. The van der Waals surface area contributed by atoms with E-state index in [1.807, 2.05) is 12.1 Å². The number of benzene rings is 2. The van der Waals surface area contributed by atoms with E-state index in [0.29, 0.717) is 0 Å². The average molecular weight is 495 g/mol. The zero-order chi connectivity index (χ0) is 23.1. The molecule has 0 fully saturated rings. The topological polar surface area (TPSA) is 74.6 Å². The number of carbonyl (C=O) groups excluding carboxylic acids is 3. The van der Waals surface area contributed by atoms with Gasteiger partial charge in [0.2, 0.25) is 11.8 Å². The highest BCUT2D eigenvalue weighted by molar-refractivity contribution is 6.77. The Morgan fingerprint density at radius 1 is 0.750 bits per heavy atom. The smallest absolute Gasteiger partial charge is 0.341 e. The Hall–Kier alpha value is -2.80. The lowest BCUT2D eigenvalue weighted by Crippen LogP contribution is -2.34. The Labute approximate surface area is 199 Å². The number of nitrogens with zero attached hydrogens (tertiary/aromatic N) is 1. The summed E-state index contributed by atoms with van der Waals surface area (Å²) < 4.78 is 9.49. The van der Waals surface area contributed by atoms with Crippen molar-refractivity contribution in [2.75, 3.05) is 0 Å². The molecule has 0 spiro atoms. The third kappa shape index (κ3) is 6.13. The molecule has 32 heavy (non-hydrogen) atoms. The van der Waals surface area contributed by atoms with Gasteiger partial charge in [0.15, 0.2) is 0 Å². The minimum Gasteiger partial charge on any atom is -0.459 e. The lowest BCUT2D eigenvalue weighted by Gasteiger charge is -2.20. The fourth-order valence-electron chi connectivity index (χ4n) is 2.90. The molecule has 0 unspecified atom stereocenters. The molecule has 2 aromatic carbocycles. The van der Waals surface area contributed by atoms with Crippen LogP contribution in [-0.2, 0) is 32.3 Å². The van der Waals surface area contributed by atoms with Gasteiger partial charge in [0, 0.05) is 6.20 Å². The summed E-state index contributed by atoms with van der Waals surface area (Å²) >= 11 is 17.2. The molecule has 6 nitrogen and oxygen atoms in total. The molecule has 166 valence electrons. The molecule has 1 aromatic heterocycles. The van der Waals surface area contributed by atoms with Crippen LogP contribution in [0.2, 0.25) is 0 Å². The molecular formula is C23H18Cl3NO5. The fourth-order valence-corrected chi connectivity index (χ4v) is 3.19. The van der Waals surface area contributed by atoms with Crippen molar-refractivity contribution in [3.63, 3.8) is 0 Å². The molecule has 0 amide bonds. The third-order valence-electron chi connectivity index (χ3n) is 4.44. The van der Waals surface area contributed by atoms with Gasteiger partial charge in [-0.15, -0.1) is 0 Å². The van der Waals surface area contributed by atoms with Gasteiger partial charge in [-0.25, -0.2) is 9.59 Å². The van der Waals surface area contributed by atoms with E-state index < -0.39 is 27.6 Å². The summed E-state index contributed by atoms with van der Waals surface area (Å²) in [5.41, 5.74) is 1.30. The number of hydrogen-bond donors (Lipinski definition) is 0. The normalized spacial score (nSPS) is 11.2. The highest BCUT2D eigenvalue weighted by Crippen LogP contribution is 2.32. The van der Waals surface area contributed by atoms with Crippen molar-refractivity contribution in [2.45, 2.75) is 23.0 Å². The summed E-state index contributed by atoms with van der Waals surface area (Å²) in [4.78, 5) is 38.4. The van der Waals surface area contributed by atoms with E-state index in [1.165, 1.54) is 18.3 Å². The maximum Gasteiger partial charge on any atom is 0.341 e. The quantitative estimate of drug-likeness (QED) is 0.189. The second-order valence-corrected chi connectivity index (χ2v) is 9.00. The summed E-state index contributed by atoms with van der Waals surface area (Å²) in [5, 5.41) is 0. The van der Waals surface area contributed by atoms with Crippen LogP contribution in [0.4, 0.5) is 0 Å². The minimum atomic E-state index is -2.28. The number of carbonyl (C=O) groups is 3. The molecule has 1 heterocycles. The number of hydrogen-bond acceptors (Lipinski definition) is 5. The maximum atomic E-state index is 12.9. The Bertz CT molecular complexity index is 1020. The number of Topliss-reactive ketones (excluding diaryl/α,β-unsaturated/α-hetero) is 1. The lowest BCUT2D eigenvalue weighted by molar-refractivity contribution is -0.162. The van der Waals surface area contributed by atoms with Crippen LogP contribution in [0.25, 0.3) is 0 Å². The fraction of sp³-hybridized carbons (Fsp3) is 0.174. The van der Waals surface area contributed by atoms with E-state index >= 15 is 0 Å². The number of aromatic nitrogens is 1. The summed E-state index contributed by atoms with van der Waals surface area (Å²) in [5.74, 6) is -2.73. The summed E-state index contributed by atoms with van der Waals surface area (Å²) in [6, 6.07) is 19.1. The van der Waals surface area contributed by atoms with E-state index in [9.17, 15) is 14.4 Å². The zero-order valence-corrected chi connectivity index (χ0v) is 18.9. The van der Waals surface area contributed by atoms with Crippen molar-refractivity contribution in [1.82, 2.24) is 4.57 Å². The van der Waals surface area contributed by atoms with Crippen LogP contribution in [0.5, 0.6) is 0 Å². The van der Waals surface area contributed by atoms with Gasteiger partial charge < -0.3 is 14.0 Å². The van der Waals surface area contributed by atoms with Crippen LogP contribution >= 0.6 is 34.8 Å². The van der Waals surface area contributed by atoms with Crippen molar-refractivity contribution in [3.05, 3.63) is 95.8 Å². The predicted octanol–water partition coefficient (Wildman–Crippen LogP) is 5.07. The Kier molecular flexibility index (Phi) is 7.96. The van der Waals surface area contributed by atoms with Gasteiger partial charge in [0.05, 0.1) is 5.69 Å². The average Bonchev–Trinajstić information content (AvgIpc) is 3.25. The lowest BCUT2D eigenvalue weighted by atomic mass is 10.2. The number of halogens is 3. The van der Waals surface area contributed by atoms with Crippen LogP contribution in [0, 0.1) is 0 Å². The standard InChI is InChI=1S/C23H18Cl3NO5/c24-23(25,26)20(28)18-12-7-13-27(18)19(21(29)31-14-16-8-3-1-4-9-16)22(30)32-15-17-10-5-2-6-11-17/h1-13,19H,14-15H2. The molecule has 0 radical (unpaired) electrons. The van der Waals surface area contributed by atoms with Gasteiger partial charge in [0.25, 0.3) is 3.79 Å². The second kappa shape index (κ2) is 10.7. The highest BCUT2D eigenvalue weighted by atomic mass is 35.6. The number of ether oxygens (including phenoxy) is 2. The van der Waals surface area contributed by atoms with Crippen LogP contribution in [0.1, 0.15) is 27.7 Å². The number of ketones is 1. The molecule has 0 saturated carbocycles. The van der Waals surface area contributed by atoms with Crippen molar-refractivity contribution in [3.8, 4) is 0 Å². The largest absolute Gasteiger partial charge is 0.459 e. The summed E-state index contributed by atoms with van der Waals surface area (Å²) in [6.45, 7) is -0.145. The molecule has 0 bridgehead atoms. The number of rotatable bonds is 8. The third-order valence-corrected chi connectivity index (χ3v) is 4.96. The monoisotopic (exact) mass is 493 g/mol. The van der Waals surface area contributed by atoms with E-state index in [0.717, 1.165) is 15.7 Å². The first-order chi connectivity index (χ1) is 15.3. The van der Waals surface area contributed by atoms with Gasteiger partial charge in [-0.1, -0.05) is 95.5 Å². The molecule has 3 aromatic rings. The molecule has 0 N–H and O–H groups in total. The molecule has 0 aliphatic carbocycles. The van der Waals surface area contributed by atoms with Gasteiger partial charge in [0.1, 0.15) is 13.2 Å². The first-order valence-corrected chi connectivity index (χ1v) is 10.6. The van der Waals surface area contributed by atoms with Crippen molar-refractivity contribution in [1.29, 1.82) is 0 Å². The van der Waals surface area contributed by atoms with Gasteiger partial charge in [-0.05, 0) is 23.3 Å². The van der Waals surface area contributed by atoms with Gasteiger partial charge in [-0.3, -0.25) is 4.79 Å². The minimum absolute atomic E-state index is 0.0723. The molecule has 0 saturated heterocycles. The molecule has 0 aliphatic heterocycles. The Morgan fingerprint density at radius 2 is 1.22 bits per heavy atom. The molecule has 9 heteroatoms. The van der Waals surface area contributed by atoms with Crippen molar-refractivity contribution >= 4 is 52.5 Å². The van der Waals surface area contributed by atoms with Crippen molar-refractivity contribution < 1.29 is 23.9 Å². The molecular weight excluding hydrogens is 477 g/mol. The van der Waals surface area contributed by atoms with Crippen molar-refractivity contribution in [2.24, 2.45) is 0 Å². The highest BCUT2D eigenvalue weighted by Gasteiger charge is 2.39. The van der Waals surface area contributed by atoms with Crippen LogP contribution in [0.3, 0.4) is 0 Å². The summed E-state index contributed by atoms with van der Waals surface area (Å²) in [7, 11) is 0. The second-order valence-electron chi connectivity index (χ2n) is 6.72. The molecule has 0 atom stereocenters. The first-order valence-electron chi connectivity index (χ1n) is 9.47. The molecule has 3 rings (SSSR count). The van der Waals surface area contributed by atoms with E-state index in [4.69, 9.17) is 44.3 Å². The van der Waals surface area contributed by atoms with Gasteiger partial charge >= 0.3 is 11.9 Å². The van der Waals surface area contributed by atoms with E-state index in [2.05, 4.69) is 0 Å².